The maximum atomic E-state index is 10.3. The van der Waals surface area contributed by atoms with E-state index in [9.17, 15) is 5.11 Å². The van der Waals surface area contributed by atoms with E-state index < -0.39 is 6.10 Å². The molecule has 1 aromatic heterocycles. The molecule has 1 N–H and O–H groups in total. The first-order chi connectivity index (χ1) is 11.3. The van der Waals surface area contributed by atoms with Gasteiger partial charge in [-0.2, -0.15) is 0 Å². The van der Waals surface area contributed by atoms with Gasteiger partial charge in [0.1, 0.15) is 0 Å². The number of piperidine rings is 1. The molecule has 0 bridgehead atoms. The lowest BCUT2D eigenvalue weighted by Crippen LogP contribution is -2.39. The number of hydrogen-bond acceptors (Lipinski definition) is 4. The lowest BCUT2D eigenvalue weighted by atomic mass is 10.0. The Morgan fingerprint density at radius 2 is 1.83 bits per heavy atom. The van der Waals surface area contributed by atoms with Gasteiger partial charge in [0.15, 0.2) is 0 Å². The molecule has 2 heterocycles. The number of rotatable bonds is 6. The second-order valence-corrected chi connectivity index (χ2v) is 6.06. The molecule has 1 atom stereocenters. The zero-order valence-corrected chi connectivity index (χ0v) is 13.3. The molecule has 0 amide bonds. The maximum absolute atomic E-state index is 10.3. The number of aliphatic hydroxyl groups excluding tert-OH is 1. The number of pyridine rings is 1. The van der Waals surface area contributed by atoms with Crippen molar-refractivity contribution < 1.29 is 9.84 Å². The minimum Gasteiger partial charge on any atom is -0.387 e. The van der Waals surface area contributed by atoms with E-state index in [2.05, 4.69) is 9.88 Å². The number of ether oxygens (including phenoxy) is 1. The van der Waals surface area contributed by atoms with Crippen LogP contribution in [0.4, 0.5) is 0 Å². The first-order valence-corrected chi connectivity index (χ1v) is 8.28. The fourth-order valence-electron chi connectivity index (χ4n) is 2.97. The van der Waals surface area contributed by atoms with Gasteiger partial charge in [0.25, 0.3) is 0 Å². The summed E-state index contributed by atoms with van der Waals surface area (Å²) in [5.41, 5.74) is 1.97. The fourth-order valence-corrected chi connectivity index (χ4v) is 2.97. The molecule has 1 aromatic carbocycles. The van der Waals surface area contributed by atoms with Crippen LogP contribution in [0.15, 0.2) is 54.7 Å². The molecule has 3 rings (SSSR count). The predicted octanol–water partition coefficient (Wildman–Crippen LogP) is 2.80. The molecule has 0 spiro atoms. The Bertz CT molecular complexity index is 568. The second-order valence-electron chi connectivity index (χ2n) is 6.06. The molecular formula is C19H24N2O2. The summed E-state index contributed by atoms with van der Waals surface area (Å²) >= 11 is 0. The monoisotopic (exact) mass is 312 g/mol. The third kappa shape index (κ3) is 4.86. The van der Waals surface area contributed by atoms with Crippen molar-refractivity contribution in [1.29, 1.82) is 0 Å². The highest BCUT2D eigenvalue weighted by atomic mass is 16.5. The van der Waals surface area contributed by atoms with Gasteiger partial charge in [-0.25, -0.2) is 0 Å². The highest BCUT2D eigenvalue weighted by Gasteiger charge is 2.22. The van der Waals surface area contributed by atoms with Crippen molar-refractivity contribution in [3.05, 3.63) is 66.0 Å². The molecule has 122 valence electrons. The Hall–Kier alpha value is -1.75. The summed E-state index contributed by atoms with van der Waals surface area (Å²) < 4.78 is 5.96. The summed E-state index contributed by atoms with van der Waals surface area (Å²) in [5.74, 6) is 0. The van der Waals surface area contributed by atoms with E-state index in [1.807, 2.05) is 48.5 Å². The highest BCUT2D eigenvalue weighted by Crippen LogP contribution is 2.19. The van der Waals surface area contributed by atoms with Gasteiger partial charge >= 0.3 is 0 Å². The molecule has 0 unspecified atom stereocenters. The Morgan fingerprint density at radius 3 is 2.52 bits per heavy atom. The van der Waals surface area contributed by atoms with Gasteiger partial charge < -0.3 is 14.7 Å². The Morgan fingerprint density at radius 1 is 1.09 bits per heavy atom. The number of nitrogens with zero attached hydrogens (tertiary/aromatic N) is 2. The second kappa shape index (κ2) is 8.20. The van der Waals surface area contributed by atoms with E-state index in [0.29, 0.717) is 19.3 Å². The number of aromatic nitrogens is 1. The molecule has 0 radical (unpaired) electrons. The molecule has 1 saturated heterocycles. The zero-order valence-electron chi connectivity index (χ0n) is 13.3. The topological polar surface area (TPSA) is 45.6 Å². The van der Waals surface area contributed by atoms with Crippen molar-refractivity contribution in [3.8, 4) is 0 Å². The van der Waals surface area contributed by atoms with Crippen LogP contribution in [0.2, 0.25) is 0 Å². The number of β-amino-alcohol motifs (C(OH)–C–C–N with tert-alkyl or cyclic N) is 1. The van der Waals surface area contributed by atoms with Crippen LogP contribution < -0.4 is 0 Å². The van der Waals surface area contributed by atoms with Crippen LogP contribution in [0, 0.1) is 0 Å². The van der Waals surface area contributed by atoms with Crippen LogP contribution in [0.5, 0.6) is 0 Å². The van der Waals surface area contributed by atoms with Gasteiger partial charge in [-0.1, -0.05) is 36.4 Å². The SMILES string of the molecule is O[C@H](CN1CCC(OCc2ccccn2)CC1)c1ccccc1. The van der Waals surface area contributed by atoms with E-state index in [0.717, 1.165) is 37.2 Å². The van der Waals surface area contributed by atoms with Crippen molar-refractivity contribution in [1.82, 2.24) is 9.88 Å². The van der Waals surface area contributed by atoms with Crippen LogP contribution in [0.25, 0.3) is 0 Å². The van der Waals surface area contributed by atoms with Gasteiger partial charge in [0, 0.05) is 25.8 Å². The van der Waals surface area contributed by atoms with Crippen molar-refractivity contribution in [2.24, 2.45) is 0 Å². The van der Waals surface area contributed by atoms with Gasteiger partial charge in [-0.3, -0.25) is 4.98 Å². The summed E-state index contributed by atoms with van der Waals surface area (Å²) in [4.78, 5) is 6.60. The van der Waals surface area contributed by atoms with Gasteiger partial charge in [0.2, 0.25) is 0 Å². The summed E-state index contributed by atoms with van der Waals surface area (Å²) in [5, 5.41) is 10.3. The largest absolute Gasteiger partial charge is 0.387 e. The van der Waals surface area contributed by atoms with Gasteiger partial charge in [-0.15, -0.1) is 0 Å². The van der Waals surface area contributed by atoms with E-state index in [-0.39, 0.29) is 0 Å². The van der Waals surface area contributed by atoms with Gasteiger partial charge in [-0.05, 0) is 30.5 Å². The van der Waals surface area contributed by atoms with E-state index >= 15 is 0 Å². The molecule has 1 aliphatic rings. The third-order valence-electron chi connectivity index (χ3n) is 4.34. The number of aliphatic hydroxyl groups is 1. The molecule has 0 aliphatic carbocycles. The van der Waals surface area contributed by atoms with Crippen molar-refractivity contribution in [3.63, 3.8) is 0 Å². The highest BCUT2D eigenvalue weighted by molar-refractivity contribution is 5.17. The smallest absolute Gasteiger partial charge is 0.0916 e. The Kier molecular flexibility index (Phi) is 5.75. The lowest BCUT2D eigenvalue weighted by Gasteiger charge is -2.33. The minimum atomic E-state index is -0.415. The first-order valence-electron chi connectivity index (χ1n) is 8.28. The normalized spacial score (nSPS) is 18.0. The molecule has 1 aliphatic heterocycles. The third-order valence-corrected chi connectivity index (χ3v) is 4.34. The first kappa shape index (κ1) is 16.1. The standard InChI is InChI=1S/C19H24N2O2/c22-19(16-6-2-1-3-7-16)14-21-12-9-18(10-13-21)23-15-17-8-4-5-11-20-17/h1-8,11,18-19,22H,9-10,12-15H2/t19-/m1/s1. The number of likely N-dealkylation sites (tertiary alicyclic amines) is 1. The fraction of sp³-hybridized carbons (Fsp3) is 0.421. The molecule has 2 aromatic rings. The Labute approximate surface area is 137 Å². The van der Waals surface area contributed by atoms with Crippen LogP contribution in [0.1, 0.15) is 30.2 Å². The average Bonchev–Trinajstić information content (AvgIpc) is 2.63. The van der Waals surface area contributed by atoms with E-state index in [1.165, 1.54) is 0 Å². The van der Waals surface area contributed by atoms with Crippen LogP contribution >= 0.6 is 0 Å². The summed E-state index contributed by atoms with van der Waals surface area (Å²) in [6.07, 6.45) is 3.69. The molecular weight excluding hydrogens is 288 g/mol. The van der Waals surface area contributed by atoms with Gasteiger partial charge in [0.05, 0.1) is 24.5 Å². The number of benzene rings is 1. The zero-order chi connectivity index (χ0) is 15.9. The maximum Gasteiger partial charge on any atom is 0.0916 e. The van der Waals surface area contributed by atoms with Crippen LogP contribution in [0.3, 0.4) is 0 Å². The predicted molar refractivity (Wildman–Crippen MR) is 89.9 cm³/mol. The lowest BCUT2D eigenvalue weighted by molar-refractivity contribution is -0.0120. The quantitative estimate of drug-likeness (QED) is 0.891. The van der Waals surface area contributed by atoms with Crippen molar-refractivity contribution >= 4 is 0 Å². The van der Waals surface area contributed by atoms with Crippen molar-refractivity contribution in [2.45, 2.75) is 31.7 Å². The van der Waals surface area contributed by atoms with Crippen LogP contribution in [-0.4, -0.2) is 40.7 Å². The minimum absolute atomic E-state index is 0.294. The van der Waals surface area contributed by atoms with E-state index in [1.54, 1.807) is 6.20 Å². The van der Waals surface area contributed by atoms with Crippen molar-refractivity contribution in [2.75, 3.05) is 19.6 Å². The molecule has 0 saturated carbocycles. The Balaban J connectivity index is 1.40. The summed E-state index contributed by atoms with van der Waals surface area (Å²) in [7, 11) is 0. The molecule has 4 heteroatoms. The summed E-state index contributed by atoms with van der Waals surface area (Å²) in [6.45, 7) is 3.21. The molecule has 1 fully saturated rings. The molecule has 4 nitrogen and oxygen atoms in total. The molecule has 23 heavy (non-hydrogen) atoms. The van der Waals surface area contributed by atoms with E-state index in [4.69, 9.17) is 4.74 Å². The summed E-state index contributed by atoms with van der Waals surface area (Å²) in [6, 6.07) is 15.8. The average molecular weight is 312 g/mol. The van der Waals surface area contributed by atoms with Crippen LogP contribution in [-0.2, 0) is 11.3 Å². The number of hydrogen-bond donors (Lipinski definition) is 1.